The summed E-state index contributed by atoms with van der Waals surface area (Å²) in [7, 11) is 0. The van der Waals surface area contributed by atoms with E-state index < -0.39 is 0 Å². The van der Waals surface area contributed by atoms with E-state index in [-0.39, 0.29) is 47.9 Å². The van der Waals surface area contributed by atoms with Crippen molar-refractivity contribution in [1.82, 2.24) is 10.2 Å². The number of aliphatic imine (C=N–C) groups is 1. The zero-order valence-electron chi connectivity index (χ0n) is 17.3. The number of nitrogens with two attached hydrogens (primary N) is 1. The molecule has 2 rings (SSSR count). The van der Waals surface area contributed by atoms with Crippen LogP contribution in [0, 0.1) is 5.92 Å². The Bertz CT molecular complexity index is 686. The Morgan fingerprint density at radius 3 is 2.41 bits per heavy atom. The number of anilines is 1. The van der Waals surface area contributed by atoms with E-state index in [0.29, 0.717) is 32.2 Å². The Kier molecular flexibility index (Phi) is 10.8. The number of rotatable bonds is 6. The molecule has 0 bridgehead atoms. The van der Waals surface area contributed by atoms with E-state index >= 15 is 0 Å². The first kappa shape index (κ1) is 25.0. The molecule has 1 heterocycles. The molecule has 0 aliphatic carbocycles. The van der Waals surface area contributed by atoms with Crippen molar-refractivity contribution in [2.75, 3.05) is 25.0 Å². The van der Waals surface area contributed by atoms with E-state index in [9.17, 15) is 9.59 Å². The molecule has 29 heavy (non-hydrogen) atoms. The number of hydrogen-bond donors (Lipinski definition) is 3. The van der Waals surface area contributed by atoms with Gasteiger partial charge in [0, 0.05) is 30.7 Å². The number of amides is 2. The number of carbonyl (C=O) groups excluding carboxylic acids is 2. The van der Waals surface area contributed by atoms with Crippen molar-refractivity contribution in [1.29, 1.82) is 0 Å². The molecule has 1 saturated heterocycles. The van der Waals surface area contributed by atoms with Crippen molar-refractivity contribution in [3.05, 3.63) is 29.8 Å². The molecule has 1 aliphatic heterocycles. The lowest BCUT2D eigenvalue weighted by molar-refractivity contribution is -0.118. The van der Waals surface area contributed by atoms with Crippen molar-refractivity contribution in [2.24, 2.45) is 16.6 Å². The monoisotopic (exact) mass is 517 g/mol. The molecule has 8 nitrogen and oxygen atoms in total. The molecule has 0 unspecified atom stereocenters. The molecule has 0 radical (unpaired) electrons. The minimum absolute atomic E-state index is 0. The topological polar surface area (TPSA) is 109 Å². The molecular weight excluding hydrogens is 485 g/mol. The van der Waals surface area contributed by atoms with Gasteiger partial charge in [0.15, 0.2) is 5.96 Å². The lowest BCUT2D eigenvalue weighted by Gasteiger charge is -2.31. The van der Waals surface area contributed by atoms with Crippen molar-refractivity contribution >= 4 is 47.6 Å². The van der Waals surface area contributed by atoms with Gasteiger partial charge in [-0.1, -0.05) is 26.0 Å². The van der Waals surface area contributed by atoms with Gasteiger partial charge in [0.1, 0.15) is 0 Å². The highest BCUT2D eigenvalue weighted by molar-refractivity contribution is 14.0. The maximum Gasteiger partial charge on any atom is 0.409 e. The fourth-order valence-corrected chi connectivity index (χ4v) is 2.83. The Hall–Kier alpha value is -2.04. The predicted octanol–water partition coefficient (Wildman–Crippen LogP) is 2.92. The van der Waals surface area contributed by atoms with Crippen LogP contribution in [-0.4, -0.2) is 48.6 Å². The SMILES string of the molecule is CCOC(=O)N1CCC(NC(N)=NCc2ccc(NC(=O)C(C)C)cc2)CC1.I. The maximum absolute atomic E-state index is 11.7. The van der Waals surface area contributed by atoms with Gasteiger partial charge in [-0.2, -0.15) is 0 Å². The Balaban J connectivity index is 0.00000420. The van der Waals surface area contributed by atoms with Crippen LogP contribution in [0.2, 0.25) is 0 Å². The summed E-state index contributed by atoms with van der Waals surface area (Å²) in [5.41, 5.74) is 7.77. The average molecular weight is 517 g/mol. The highest BCUT2D eigenvalue weighted by Gasteiger charge is 2.23. The molecule has 0 saturated carbocycles. The molecule has 1 aliphatic rings. The molecule has 9 heteroatoms. The summed E-state index contributed by atoms with van der Waals surface area (Å²) in [6.07, 6.45) is 1.36. The summed E-state index contributed by atoms with van der Waals surface area (Å²) in [5, 5.41) is 6.08. The minimum atomic E-state index is -0.254. The number of carbonyl (C=O) groups is 2. The standard InChI is InChI=1S/C20H31N5O3.HI/c1-4-28-20(27)25-11-9-17(10-12-25)24-19(21)22-13-15-5-7-16(8-6-15)23-18(26)14(2)3;/h5-8,14,17H,4,9-13H2,1-3H3,(H,23,26)(H3,21,22,24);1H. The zero-order chi connectivity index (χ0) is 20.5. The van der Waals surface area contributed by atoms with E-state index in [2.05, 4.69) is 15.6 Å². The number of ether oxygens (including phenoxy) is 1. The fraction of sp³-hybridized carbons (Fsp3) is 0.550. The number of hydrogen-bond acceptors (Lipinski definition) is 4. The van der Waals surface area contributed by atoms with Gasteiger partial charge in [-0.05, 0) is 37.5 Å². The van der Waals surface area contributed by atoms with E-state index in [1.807, 2.05) is 38.1 Å². The Morgan fingerprint density at radius 2 is 1.86 bits per heavy atom. The highest BCUT2D eigenvalue weighted by atomic mass is 127. The van der Waals surface area contributed by atoms with Crippen molar-refractivity contribution < 1.29 is 14.3 Å². The molecular formula is C20H32IN5O3. The molecule has 0 spiro atoms. The molecule has 1 aromatic rings. The number of piperidine rings is 1. The van der Waals surface area contributed by atoms with Crippen LogP contribution in [0.4, 0.5) is 10.5 Å². The van der Waals surface area contributed by atoms with Crippen LogP contribution >= 0.6 is 24.0 Å². The van der Waals surface area contributed by atoms with Crippen molar-refractivity contribution in [3.8, 4) is 0 Å². The summed E-state index contributed by atoms with van der Waals surface area (Å²) in [6.45, 7) is 7.66. The third-order valence-electron chi connectivity index (χ3n) is 4.55. The van der Waals surface area contributed by atoms with Crippen LogP contribution < -0.4 is 16.4 Å². The van der Waals surface area contributed by atoms with Crippen LogP contribution in [0.5, 0.6) is 0 Å². The van der Waals surface area contributed by atoms with Gasteiger partial charge >= 0.3 is 6.09 Å². The first-order valence-corrected chi connectivity index (χ1v) is 9.77. The second kappa shape index (κ2) is 12.5. The van der Waals surface area contributed by atoms with E-state index in [1.165, 1.54) is 0 Å². The van der Waals surface area contributed by atoms with Crippen LogP contribution in [0.1, 0.15) is 39.2 Å². The Labute approximate surface area is 189 Å². The van der Waals surface area contributed by atoms with Gasteiger partial charge in [-0.25, -0.2) is 9.79 Å². The summed E-state index contributed by atoms with van der Waals surface area (Å²) >= 11 is 0. The normalized spacial score (nSPS) is 14.9. The van der Waals surface area contributed by atoms with Gasteiger partial charge in [0.05, 0.1) is 13.2 Å². The van der Waals surface area contributed by atoms with E-state index in [0.717, 1.165) is 24.1 Å². The quantitative estimate of drug-likeness (QED) is 0.306. The van der Waals surface area contributed by atoms with Gasteiger partial charge in [-0.3, -0.25) is 4.79 Å². The molecule has 1 aromatic carbocycles. The largest absolute Gasteiger partial charge is 0.450 e. The number of nitrogens with zero attached hydrogens (tertiary/aromatic N) is 2. The lowest BCUT2D eigenvalue weighted by atomic mass is 10.1. The van der Waals surface area contributed by atoms with Crippen LogP contribution in [-0.2, 0) is 16.1 Å². The third kappa shape index (κ3) is 8.46. The van der Waals surface area contributed by atoms with Gasteiger partial charge in [0.2, 0.25) is 5.91 Å². The number of guanidine groups is 1. The van der Waals surface area contributed by atoms with Crippen LogP contribution in [0.3, 0.4) is 0 Å². The smallest absolute Gasteiger partial charge is 0.409 e. The number of likely N-dealkylation sites (tertiary alicyclic amines) is 1. The lowest BCUT2D eigenvalue weighted by Crippen LogP contribution is -2.48. The van der Waals surface area contributed by atoms with Crippen molar-refractivity contribution in [3.63, 3.8) is 0 Å². The molecule has 0 atom stereocenters. The number of benzene rings is 1. The third-order valence-corrected chi connectivity index (χ3v) is 4.55. The highest BCUT2D eigenvalue weighted by Crippen LogP contribution is 2.13. The van der Waals surface area contributed by atoms with Crippen LogP contribution in [0.15, 0.2) is 29.3 Å². The average Bonchev–Trinajstić information content (AvgIpc) is 2.68. The summed E-state index contributed by atoms with van der Waals surface area (Å²) in [6, 6.07) is 7.76. The van der Waals surface area contributed by atoms with Crippen LogP contribution in [0.25, 0.3) is 0 Å². The second-order valence-corrected chi connectivity index (χ2v) is 7.15. The maximum atomic E-state index is 11.7. The summed E-state index contributed by atoms with van der Waals surface area (Å²) < 4.78 is 5.02. The summed E-state index contributed by atoms with van der Waals surface area (Å²) in [4.78, 5) is 29.5. The Morgan fingerprint density at radius 1 is 1.24 bits per heavy atom. The van der Waals surface area contributed by atoms with Gasteiger partial charge in [0.25, 0.3) is 0 Å². The van der Waals surface area contributed by atoms with E-state index in [1.54, 1.807) is 11.8 Å². The first-order valence-electron chi connectivity index (χ1n) is 9.77. The van der Waals surface area contributed by atoms with Gasteiger partial charge in [-0.15, -0.1) is 24.0 Å². The molecule has 162 valence electrons. The van der Waals surface area contributed by atoms with Gasteiger partial charge < -0.3 is 26.0 Å². The second-order valence-electron chi connectivity index (χ2n) is 7.15. The van der Waals surface area contributed by atoms with E-state index in [4.69, 9.17) is 10.5 Å². The molecule has 2 amide bonds. The predicted molar refractivity (Wildman–Crippen MR) is 125 cm³/mol. The van der Waals surface area contributed by atoms with Crippen molar-refractivity contribution in [2.45, 2.75) is 46.2 Å². The zero-order valence-corrected chi connectivity index (χ0v) is 19.6. The number of nitrogens with one attached hydrogen (secondary N) is 2. The fourth-order valence-electron chi connectivity index (χ4n) is 2.83. The molecule has 4 N–H and O–H groups in total. The molecule has 1 fully saturated rings. The molecule has 0 aromatic heterocycles. The minimum Gasteiger partial charge on any atom is -0.450 e. The first-order chi connectivity index (χ1) is 13.4. The number of halogens is 1. The summed E-state index contributed by atoms with van der Waals surface area (Å²) in [5.74, 6) is 0.333.